The maximum Gasteiger partial charge on any atom is 0.356 e. The molecular weight excluding hydrogens is 296 g/mol. The van der Waals surface area contributed by atoms with E-state index >= 15 is 0 Å². The molecule has 1 aliphatic rings. The molecule has 3 rings (SSSR count). The number of hydrogen-bond donors (Lipinski definition) is 2. The second-order valence-corrected chi connectivity index (χ2v) is 5.44. The quantitative estimate of drug-likeness (QED) is 0.845. The lowest BCUT2D eigenvalue weighted by atomic mass is 10.2. The Hall–Kier alpha value is -2.70. The molecule has 0 unspecified atom stereocenters. The molecule has 0 aromatic carbocycles. The van der Waals surface area contributed by atoms with Crippen LogP contribution >= 0.6 is 0 Å². The first kappa shape index (κ1) is 15.2. The molecule has 0 aliphatic heterocycles. The van der Waals surface area contributed by atoms with E-state index < -0.39 is 5.97 Å². The normalized spacial score (nSPS) is 14.6. The molecule has 7 heteroatoms. The van der Waals surface area contributed by atoms with Gasteiger partial charge in [0.1, 0.15) is 11.9 Å². The first-order valence-corrected chi connectivity index (χ1v) is 7.62. The monoisotopic (exact) mass is 314 g/mol. The summed E-state index contributed by atoms with van der Waals surface area (Å²) in [6.07, 6.45) is 9.15. The van der Waals surface area contributed by atoms with E-state index in [1.807, 2.05) is 12.1 Å². The highest BCUT2D eigenvalue weighted by Gasteiger charge is 2.18. The molecule has 0 amide bonds. The van der Waals surface area contributed by atoms with Gasteiger partial charge in [0.05, 0.1) is 12.4 Å². The first-order valence-electron chi connectivity index (χ1n) is 7.62. The van der Waals surface area contributed by atoms with Gasteiger partial charge in [0.2, 0.25) is 5.88 Å². The number of carboxylic acids is 1. The van der Waals surface area contributed by atoms with Crippen LogP contribution in [0.4, 0.5) is 5.82 Å². The molecule has 0 bridgehead atoms. The van der Waals surface area contributed by atoms with Crippen LogP contribution in [0.2, 0.25) is 0 Å². The minimum atomic E-state index is -1.09. The Balaban J connectivity index is 1.64. The molecule has 2 aromatic heterocycles. The molecule has 7 nitrogen and oxygen atoms in total. The van der Waals surface area contributed by atoms with E-state index in [-0.39, 0.29) is 11.8 Å². The SMILES string of the molecule is O=C(O)c1cnc(NCc2cccnc2OC2CCCC2)cn1. The third-order valence-corrected chi connectivity index (χ3v) is 3.76. The highest BCUT2D eigenvalue weighted by molar-refractivity contribution is 5.84. The van der Waals surface area contributed by atoms with Crippen molar-refractivity contribution in [3.8, 4) is 5.88 Å². The van der Waals surface area contributed by atoms with Crippen LogP contribution in [0.25, 0.3) is 0 Å². The van der Waals surface area contributed by atoms with E-state index in [4.69, 9.17) is 9.84 Å². The molecule has 0 saturated heterocycles. The number of hydrogen-bond acceptors (Lipinski definition) is 6. The van der Waals surface area contributed by atoms with Gasteiger partial charge < -0.3 is 15.2 Å². The van der Waals surface area contributed by atoms with E-state index in [2.05, 4.69) is 20.3 Å². The van der Waals surface area contributed by atoms with Crippen LogP contribution in [-0.4, -0.2) is 32.1 Å². The van der Waals surface area contributed by atoms with Crippen molar-refractivity contribution >= 4 is 11.8 Å². The van der Waals surface area contributed by atoms with Gasteiger partial charge in [-0.1, -0.05) is 6.07 Å². The third-order valence-electron chi connectivity index (χ3n) is 3.76. The third kappa shape index (κ3) is 3.94. The molecule has 1 fully saturated rings. The number of aromatic nitrogens is 3. The van der Waals surface area contributed by atoms with Crippen LogP contribution in [0.1, 0.15) is 41.7 Å². The fourth-order valence-corrected chi connectivity index (χ4v) is 2.54. The van der Waals surface area contributed by atoms with E-state index in [9.17, 15) is 4.79 Å². The predicted octanol–water partition coefficient (Wildman–Crippen LogP) is 2.50. The van der Waals surface area contributed by atoms with Gasteiger partial charge in [0.15, 0.2) is 5.69 Å². The van der Waals surface area contributed by atoms with Crippen molar-refractivity contribution in [1.29, 1.82) is 0 Å². The lowest BCUT2D eigenvalue weighted by molar-refractivity contribution is 0.0690. The maximum absolute atomic E-state index is 10.8. The van der Waals surface area contributed by atoms with Crippen molar-refractivity contribution in [1.82, 2.24) is 15.0 Å². The van der Waals surface area contributed by atoms with Crippen LogP contribution in [0, 0.1) is 0 Å². The van der Waals surface area contributed by atoms with Gasteiger partial charge in [0.25, 0.3) is 0 Å². The molecule has 2 aromatic rings. The average molecular weight is 314 g/mol. The standard InChI is InChI=1S/C16H18N4O3/c21-16(22)13-9-20-14(10-18-13)19-8-11-4-3-7-17-15(11)23-12-5-1-2-6-12/h3-4,7,9-10,12H,1-2,5-6,8H2,(H,19,20)(H,21,22). The summed E-state index contributed by atoms with van der Waals surface area (Å²) in [6, 6.07) is 3.81. The summed E-state index contributed by atoms with van der Waals surface area (Å²) in [7, 11) is 0. The second-order valence-electron chi connectivity index (χ2n) is 5.44. The number of nitrogens with zero attached hydrogens (tertiary/aromatic N) is 3. The van der Waals surface area contributed by atoms with Crippen molar-refractivity contribution in [3.05, 3.63) is 42.0 Å². The number of carbonyl (C=O) groups is 1. The number of pyridine rings is 1. The highest BCUT2D eigenvalue weighted by Crippen LogP contribution is 2.25. The van der Waals surface area contributed by atoms with Crippen molar-refractivity contribution in [2.75, 3.05) is 5.32 Å². The largest absolute Gasteiger partial charge is 0.476 e. The summed E-state index contributed by atoms with van der Waals surface area (Å²) in [5.74, 6) is 0.0521. The Morgan fingerprint density at radius 1 is 1.26 bits per heavy atom. The molecule has 23 heavy (non-hydrogen) atoms. The highest BCUT2D eigenvalue weighted by atomic mass is 16.5. The van der Waals surface area contributed by atoms with Crippen molar-refractivity contribution in [3.63, 3.8) is 0 Å². The van der Waals surface area contributed by atoms with E-state index in [1.54, 1.807) is 6.20 Å². The van der Waals surface area contributed by atoms with Gasteiger partial charge in [-0.15, -0.1) is 0 Å². The van der Waals surface area contributed by atoms with Crippen LogP contribution < -0.4 is 10.1 Å². The number of nitrogens with one attached hydrogen (secondary N) is 1. The van der Waals surface area contributed by atoms with E-state index in [1.165, 1.54) is 25.2 Å². The van der Waals surface area contributed by atoms with E-state index in [0.717, 1.165) is 18.4 Å². The zero-order valence-corrected chi connectivity index (χ0v) is 12.6. The van der Waals surface area contributed by atoms with Gasteiger partial charge in [-0.3, -0.25) is 0 Å². The number of carboxylic acid groups (broad SMARTS) is 1. The zero-order chi connectivity index (χ0) is 16.1. The Morgan fingerprint density at radius 2 is 2.09 bits per heavy atom. The fraction of sp³-hybridized carbons (Fsp3) is 0.375. The van der Waals surface area contributed by atoms with Crippen LogP contribution in [0.15, 0.2) is 30.7 Å². The number of anilines is 1. The number of ether oxygens (including phenoxy) is 1. The Morgan fingerprint density at radius 3 is 2.78 bits per heavy atom. The smallest absolute Gasteiger partial charge is 0.356 e. The summed E-state index contributed by atoms with van der Waals surface area (Å²) in [4.78, 5) is 22.9. The second kappa shape index (κ2) is 7.04. The summed E-state index contributed by atoms with van der Waals surface area (Å²) in [5.41, 5.74) is 0.852. The zero-order valence-electron chi connectivity index (χ0n) is 12.6. The van der Waals surface area contributed by atoms with Crippen LogP contribution in [0.5, 0.6) is 5.88 Å². The molecule has 120 valence electrons. The number of aromatic carboxylic acids is 1. The van der Waals surface area contributed by atoms with Gasteiger partial charge in [-0.2, -0.15) is 0 Å². The van der Waals surface area contributed by atoms with Gasteiger partial charge in [0, 0.05) is 18.3 Å². The molecule has 2 heterocycles. The lowest BCUT2D eigenvalue weighted by Crippen LogP contribution is -2.14. The minimum absolute atomic E-state index is 0.0813. The Bertz CT molecular complexity index is 669. The molecule has 0 radical (unpaired) electrons. The summed E-state index contributed by atoms with van der Waals surface area (Å²) in [6.45, 7) is 0.483. The topological polar surface area (TPSA) is 97.2 Å². The van der Waals surface area contributed by atoms with Crippen LogP contribution in [-0.2, 0) is 6.54 Å². The first-order chi connectivity index (χ1) is 11.2. The van der Waals surface area contributed by atoms with Crippen molar-refractivity contribution in [2.24, 2.45) is 0 Å². The van der Waals surface area contributed by atoms with Gasteiger partial charge >= 0.3 is 5.97 Å². The maximum atomic E-state index is 10.8. The lowest BCUT2D eigenvalue weighted by Gasteiger charge is -2.15. The molecule has 1 aliphatic carbocycles. The van der Waals surface area contributed by atoms with Crippen LogP contribution in [0.3, 0.4) is 0 Å². The summed E-state index contributed by atoms with van der Waals surface area (Å²) >= 11 is 0. The predicted molar refractivity (Wildman–Crippen MR) is 83.4 cm³/mol. The summed E-state index contributed by atoms with van der Waals surface area (Å²) in [5, 5.41) is 11.9. The van der Waals surface area contributed by atoms with Crippen molar-refractivity contribution < 1.29 is 14.6 Å². The Kier molecular flexibility index (Phi) is 4.65. The molecular formula is C16H18N4O3. The fourth-order valence-electron chi connectivity index (χ4n) is 2.54. The van der Waals surface area contributed by atoms with Gasteiger partial charge in [-0.05, 0) is 31.7 Å². The van der Waals surface area contributed by atoms with E-state index in [0.29, 0.717) is 18.2 Å². The minimum Gasteiger partial charge on any atom is -0.476 e. The molecule has 2 N–H and O–H groups in total. The number of rotatable bonds is 6. The molecule has 1 saturated carbocycles. The van der Waals surface area contributed by atoms with Gasteiger partial charge in [-0.25, -0.2) is 19.7 Å². The summed E-state index contributed by atoms with van der Waals surface area (Å²) < 4.78 is 5.98. The molecule has 0 spiro atoms. The van der Waals surface area contributed by atoms with Crippen molar-refractivity contribution in [2.45, 2.75) is 38.3 Å². The average Bonchev–Trinajstić information content (AvgIpc) is 3.07. The molecule has 0 atom stereocenters. The Labute approximate surface area is 133 Å².